The molecule has 23 heavy (non-hydrogen) atoms. The maximum Gasteiger partial charge on any atom is 0.311 e. The van der Waals surface area contributed by atoms with E-state index in [0.29, 0.717) is 32.0 Å². The quantitative estimate of drug-likeness (QED) is 0.815. The van der Waals surface area contributed by atoms with E-state index in [1.165, 1.54) is 12.8 Å². The predicted octanol–water partition coefficient (Wildman–Crippen LogP) is 1.35. The number of carbonyl (C=O) groups excluding carboxylic acids is 1. The van der Waals surface area contributed by atoms with Crippen molar-refractivity contribution in [3.63, 3.8) is 0 Å². The summed E-state index contributed by atoms with van der Waals surface area (Å²) in [6.45, 7) is 7.19. The van der Waals surface area contributed by atoms with E-state index in [9.17, 15) is 4.79 Å². The van der Waals surface area contributed by atoms with Gasteiger partial charge in [0, 0.05) is 32.7 Å². The summed E-state index contributed by atoms with van der Waals surface area (Å²) >= 11 is 0. The van der Waals surface area contributed by atoms with Crippen LogP contribution in [0.25, 0.3) is 0 Å². The Morgan fingerprint density at radius 1 is 1.22 bits per heavy atom. The van der Waals surface area contributed by atoms with Gasteiger partial charge in [-0.3, -0.25) is 4.79 Å². The smallest absolute Gasteiger partial charge is 0.311 e. The summed E-state index contributed by atoms with van der Waals surface area (Å²) in [5.74, 6) is 0.475. The van der Waals surface area contributed by atoms with Crippen LogP contribution in [0.1, 0.15) is 49.2 Å². The maximum atomic E-state index is 12.6. The van der Waals surface area contributed by atoms with Gasteiger partial charge in [0.1, 0.15) is 0 Å². The zero-order chi connectivity index (χ0) is 16.1. The van der Waals surface area contributed by atoms with Crippen LogP contribution in [0.3, 0.4) is 0 Å². The van der Waals surface area contributed by atoms with Crippen LogP contribution in [0.4, 0.5) is 0 Å². The highest BCUT2D eigenvalue weighted by Gasteiger charge is 2.28. The van der Waals surface area contributed by atoms with Gasteiger partial charge in [-0.1, -0.05) is 6.92 Å². The number of aryl methyl sites for hydroxylation is 1. The Kier molecular flexibility index (Phi) is 5.61. The lowest BCUT2D eigenvalue weighted by atomic mass is 10.3. The minimum Gasteiger partial charge on any atom is -0.417 e. The molecule has 0 bridgehead atoms. The van der Waals surface area contributed by atoms with E-state index in [1.807, 2.05) is 6.92 Å². The van der Waals surface area contributed by atoms with Crippen molar-refractivity contribution in [2.24, 2.45) is 0 Å². The van der Waals surface area contributed by atoms with Gasteiger partial charge in [-0.2, -0.15) is 0 Å². The number of amides is 1. The Bertz CT molecular complexity index is 513. The predicted molar refractivity (Wildman–Crippen MR) is 84.2 cm³/mol. The zero-order valence-electron chi connectivity index (χ0n) is 13.9. The van der Waals surface area contributed by atoms with Crippen LogP contribution >= 0.6 is 0 Å². The highest BCUT2D eigenvalue weighted by Crippen LogP contribution is 2.14. The molecule has 0 unspecified atom stereocenters. The summed E-state index contributed by atoms with van der Waals surface area (Å²) in [6.07, 6.45) is 5.07. The standard InChI is InChI=1S/C16H26N4O3/c1-2-6-14-17-18-15(23-14)16(21)20-9-5-10-22-13(12-20)11-19-7-3-4-8-19/h13H,2-12H2,1H3/t13-/m1/s1. The van der Waals surface area contributed by atoms with E-state index in [4.69, 9.17) is 9.15 Å². The van der Waals surface area contributed by atoms with E-state index >= 15 is 0 Å². The average molecular weight is 322 g/mol. The molecule has 3 heterocycles. The molecule has 1 aromatic heterocycles. The molecule has 128 valence electrons. The molecule has 2 fully saturated rings. The summed E-state index contributed by atoms with van der Waals surface area (Å²) in [4.78, 5) is 16.8. The van der Waals surface area contributed by atoms with E-state index in [-0.39, 0.29) is 17.9 Å². The molecule has 7 nitrogen and oxygen atoms in total. The fourth-order valence-corrected chi connectivity index (χ4v) is 3.23. The van der Waals surface area contributed by atoms with Gasteiger partial charge in [0.2, 0.25) is 5.89 Å². The molecule has 3 rings (SSSR count). The van der Waals surface area contributed by atoms with E-state index in [1.54, 1.807) is 4.90 Å². The normalized spacial score (nSPS) is 23.2. The van der Waals surface area contributed by atoms with Crippen LogP contribution < -0.4 is 0 Å². The molecule has 0 spiro atoms. The molecule has 0 saturated carbocycles. The molecule has 1 atom stereocenters. The van der Waals surface area contributed by atoms with E-state index < -0.39 is 0 Å². The third-order valence-corrected chi connectivity index (χ3v) is 4.41. The van der Waals surface area contributed by atoms with Crippen LogP contribution in [-0.2, 0) is 11.2 Å². The van der Waals surface area contributed by atoms with Gasteiger partial charge in [0.05, 0.1) is 6.10 Å². The van der Waals surface area contributed by atoms with Crippen LogP contribution in [0, 0.1) is 0 Å². The third kappa shape index (κ3) is 4.29. The maximum absolute atomic E-state index is 12.6. The largest absolute Gasteiger partial charge is 0.417 e. The number of nitrogens with zero attached hydrogens (tertiary/aromatic N) is 4. The molecular formula is C16H26N4O3. The van der Waals surface area contributed by atoms with Gasteiger partial charge in [-0.25, -0.2) is 0 Å². The fraction of sp³-hybridized carbons (Fsp3) is 0.812. The highest BCUT2D eigenvalue weighted by molar-refractivity contribution is 5.89. The van der Waals surface area contributed by atoms with Crippen molar-refractivity contribution in [3.05, 3.63) is 11.8 Å². The van der Waals surface area contributed by atoms with E-state index in [2.05, 4.69) is 15.1 Å². The van der Waals surface area contributed by atoms with Gasteiger partial charge in [0.15, 0.2) is 0 Å². The third-order valence-electron chi connectivity index (χ3n) is 4.41. The number of likely N-dealkylation sites (tertiary alicyclic amines) is 1. The van der Waals surface area contributed by atoms with Crippen LogP contribution in [0.2, 0.25) is 0 Å². The Morgan fingerprint density at radius 3 is 2.83 bits per heavy atom. The number of hydrogen-bond donors (Lipinski definition) is 0. The van der Waals surface area contributed by atoms with Crippen molar-refractivity contribution in [1.29, 1.82) is 0 Å². The second-order valence-corrected chi connectivity index (χ2v) is 6.36. The second-order valence-electron chi connectivity index (χ2n) is 6.36. The van der Waals surface area contributed by atoms with Crippen molar-refractivity contribution in [1.82, 2.24) is 20.0 Å². The molecule has 7 heteroatoms. The number of ether oxygens (including phenoxy) is 1. The van der Waals surface area contributed by atoms with Crippen molar-refractivity contribution in [2.75, 3.05) is 39.3 Å². The molecule has 0 N–H and O–H groups in total. The summed E-state index contributed by atoms with van der Waals surface area (Å²) < 4.78 is 11.4. The van der Waals surface area contributed by atoms with Crippen molar-refractivity contribution in [3.8, 4) is 0 Å². The summed E-state index contributed by atoms with van der Waals surface area (Å²) in [5, 5.41) is 7.85. The average Bonchev–Trinajstić information content (AvgIpc) is 3.16. The first kappa shape index (κ1) is 16.4. The Balaban J connectivity index is 1.61. The topological polar surface area (TPSA) is 71.7 Å². The van der Waals surface area contributed by atoms with Gasteiger partial charge >= 0.3 is 11.8 Å². The van der Waals surface area contributed by atoms with E-state index in [0.717, 1.165) is 32.5 Å². The van der Waals surface area contributed by atoms with Crippen LogP contribution in [0.5, 0.6) is 0 Å². The van der Waals surface area contributed by atoms with Crippen molar-refractivity contribution >= 4 is 5.91 Å². The number of aromatic nitrogens is 2. The minimum atomic E-state index is -0.170. The first-order chi connectivity index (χ1) is 11.3. The molecule has 2 aliphatic rings. The highest BCUT2D eigenvalue weighted by atomic mass is 16.5. The van der Waals surface area contributed by atoms with Gasteiger partial charge < -0.3 is 19.0 Å². The van der Waals surface area contributed by atoms with Crippen molar-refractivity contribution in [2.45, 2.75) is 45.1 Å². The lowest BCUT2D eigenvalue weighted by Gasteiger charge is -2.26. The SMILES string of the molecule is CCCc1nnc(C(=O)N2CCCO[C@H](CN3CCCC3)C2)o1. The minimum absolute atomic E-state index is 0.0672. The first-order valence-corrected chi connectivity index (χ1v) is 8.72. The summed E-state index contributed by atoms with van der Waals surface area (Å²) in [6, 6.07) is 0. The molecular weight excluding hydrogens is 296 g/mol. The number of carbonyl (C=O) groups is 1. The number of rotatable bonds is 5. The van der Waals surface area contributed by atoms with Crippen molar-refractivity contribution < 1.29 is 13.9 Å². The Labute approximate surface area is 137 Å². The van der Waals surface area contributed by atoms with Crippen LogP contribution in [0.15, 0.2) is 4.42 Å². The molecule has 2 aliphatic heterocycles. The van der Waals surface area contributed by atoms with Gasteiger partial charge in [-0.05, 0) is 38.8 Å². The van der Waals surface area contributed by atoms with Gasteiger partial charge in [0.25, 0.3) is 0 Å². The summed E-state index contributed by atoms with van der Waals surface area (Å²) in [7, 11) is 0. The zero-order valence-corrected chi connectivity index (χ0v) is 13.9. The second kappa shape index (κ2) is 7.88. The first-order valence-electron chi connectivity index (χ1n) is 8.72. The monoisotopic (exact) mass is 322 g/mol. The molecule has 1 aromatic rings. The Hall–Kier alpha value is -1.47. The molecule has 1 amide bonds. The Morgan fingerprint density at radius 2 is 2.04 bits per heavy atom. The van der Waals surface area contributed by atoms with Crippen LogP contribution in [-0.4, -0.2) is 71.3 Å². The number of hydrogen-bond acceptors (Lipinski definition) is 6. The van der Waals surface area contributed by atoms with Gasteiger partial charge in [-0.15, -0.1) is 10.2 Å². The lowest BCUT2D eigenvalue weighted by molar-refractivity contribution is 0.0288. The molecule has 0 aliphatic carbocycles. The molecule has 0 radical (unpaired) electrons. The summed E-state index contributed by atoms with van der Waals surface area (Å²) in [5.41, 5.74) is 0. The molecule has 0 aromatic carbocycles. The lowest BCUT2D eigenvalue weighted by Crippen LogP contribution is -2.42. The fourth-order valence-electron chi connectivity index (χ4n) is 3.23. The molecule has 2 saturated heterocycles.